The standard InChI is InChI=1S/C15H23NO2/c1-5-13(10-17)16-14(18)11-6-8-12(9-7-11)15(2,3)4/h6-9,13,17H,5,10H2,1-4H3,(H,16,18). The normalized spacial score (nSPS) is 13.2. The lowest BCUT2D eigenvalue weighted by molar-refractivity contribution is 0.0915. The molecule has 0 fully saturated rings. The maximum Gasteiger partial charge on any atom is 0.251 e. The zero-order valence-electron chi connectivity index (χ0n) is 11.7. The van der Waals surface area contributed by atoms with Crippen molar-refractivity contribution in [3.05, 3.63) is 35.4 Å². The Balaban J connectivity index is 2.76. The molecule has 0 aliphatic carbocycles. The molecule has 1 amide bonds. The third kappa shape index (κ3) is 3.84. The molecule has 0 saturated carbocycles. The summed E-state index contributed by atoms with van der Waals surface area (Å²) < 4.78 is 0. The molecule has 0 heterocycles. The predicted molar refractivity (Wildman–Crippen MR) is 73.8 cm³/mol. The number of hydrogen-bond donors (Lipinski definition) is 2. The molecule has 1 atom stereocenters. The molecule has 18 heavy (non-hydrogen) atoms. The molecule has 0 aliphatic heterocycles. The van der Waals surface area contributed by atoms with Gasteiger partial charge in [-0.1, -0.05) is 39.8 Å². The first kappa shape index (κ1) is 14.7. The van der Waals surface area contributed by atoms with Crippen molar-refractivity contribution in [3.8, 4) is 0 Å². The van der Waals surface area contributed by atoms with Crippen LogP contribution in [-0.2, 0) is 5.41 Å². The van der Waals surface area contributed by atoms with Gasteiger partial charge in [-0.25, -0.2) is 0 Å². The third-order valence-electron chi connectivity index (χ3n) is 3.06. The summed E-state index contributed by atoms with van der Waals surface area (Å²) in [6.07, 6.45) is 0.725. The van der Waals surface area contributed by atoms with Crippen LogP contribution in [0, 0.1) is 0 Å². The summed E-state index contributed by atoms with van der Waals surface area (Å²) in [5.41, 5.74) is 1.93. The fourth-order valence-corrected chi connectivity index (χ4v) is 1.67. The molecule has 1 aromatic carbocycles. The predicted octanol–water partition coefficient (Wildman–Crippen LogP) is 2.48. The maximum atomic E-state index is 11.9. The van der Waals surface area contributed by atoms with E-state index in [1.165, 1.54) is 5.56 Å². The van der Waals surface area contributed by atoms with Crippen molar-refractivity contribution in [3.63, 3.8) is 0 Å². The average molecular weight is 249 g/mol. The van der Waals surface area contributed by atoms with E-state index in [1.54, 1.807) is 0 Å². The molecule has 2 N–H and O–H groups in total. The fraction of sp³-hybridized carbons (Fsp3) is 0.533. The van der Waals surface area contributed by atoms with Crippen molar-refractivity contribution in [2.75, 3.05) is 6.61 Å². The van der Waals surface area contributed by atoms with Crippen molar-refractivity contribution in [1.29, 1.82) is 0 Å². The Bertz CT molecular complexity index is 386. The molecule has 1 rings (SSSR count). The van der Waals surface area contributed by atoms with Crippen molar-refractivity contribution < 1.29 is 9.90 Å². The fourth-order valence-electron chi connectivity index (χ4n) is 1.67. The Morgan fingerprint density at radius 3 is 2.22 bits per heavy atom. The average Bonchev–Trinajstić information content (AvgIpc) is 2.34. The lowest BCUT2D eigenvalue weighted by atomic mass is 9.86. The molecule has 0 bridgehead atoms. The first-order valence-corrected chi connectivity index (χ1v) is 6.40. The second-order valence-electron chi connectivity index (χ2n) is 5.59. The van der Waals surface area contributed by atoms with Crippen LogP contribution < -0.4 is 5.32 Å². The minimum absolute atomic E-state index is 0.0255. The molecule has 100 valence electrons. The number of aliphatic hydroxyl groups is 1. The molecule has 0 aromatic heterocycles. The number of amides is 1. The molecule has 3 heteroatoms. The Hall–Kier alpha value is -1.35. The van der Waals surface area contributed by atoms with E-state index in [-0.39, 0.29) is 24.0 Å². The Morgan fingerprint density at radius 2 is 1.83 bits per heavy atom. The highest BCUT2D eigenvalue weighted by molar-refractivity contribution is 5.94. The van der Waals surface area contributed by atoms with Gasteiger partial charge in [-0.2, -0.15) is 0 Å². The number of hydrogen-bond acceptors (Lipinski definition) is 2. The number of aliphatic hydroxyl groups excluding tert-OH is 1. The minimum atomic E-state index is -0.167. The van der Waals surface area contributed by atoms with Crippen LogP contribution in [0.15, 0.2) is 24.3 Å². The maximum absolute atomic E-state index is 11.9. The van der Waals surface area contributed by atoms with Gasteiger partial charge in [0.2, 0.25) is 0 Å². The molecule has 0 aliphatic rings. The van der Waals surface area contributed by atoms with Crippen molar-refractivity contribution in [1.82, 2.24) is 5.32 Å². The van der Waals surface area contributed by atoms with E-state index < -0.39 is 0 Å². The number of carbonyl (C=O) groups is 1. The summed E-state index contributed by atoms with van der Waals surface area (Å²) in [7, 11) is 0. The van der Waals surface area contributed by atoms with E-state index in [2.05, 4.69) is 26.1 Å². The van der Waals surface area contributed by atoms with Gasteiger partial charge >= 0.3 is 0 Å². The smallest absolute Gasteiger partial charge is 0.251 e. The van der Waals surface area contributed by atoms with Gasteiger partial charge < -0.3 is 10.4 Å². The molecular weight excluding hydrogens is 226 g/mol. The van der Waals surface area contributed by atoms with Gasteiger partial charge in [0.1, 0.15) is 0 Å². The lowest BCUT2D eigenvalue weighted by Gasteiger charge is -2.19. The van der Waals surface area contributed by atoms with Gasteiger partial charge in [0.25, 0.3) is 5.91 Å². The quantitative estimate of drug-likeness (QED) is 0.861. The largest absolute Gasteiger partial charge is 0.394 e. The van der Waals surface area contributed by atoms with Crippen molar-refractivity contribution in [2.24, 2.45) is 0 Å². The molecular formula is C15H23NO2. The molecule has 0 radical (unpaired) electrons. The molecule has 1 aromatic rings. The summed E-state index contributed by atoms with van der Waals surface area (Å²) in [4.78, 5) is 11.9. The second kappa shape index (κ2) is 6.01. The Labute approximate surface area is 109 Å². The minimum Gasteiger partial charge on any atom is -0.394 e. The van der Waals surface area contributed by atoms with Gasteiger partial charge in [0, 0.05) is 5.56 Å². The van der Waals surface area contributed by atoms with Gasteiger partial charge in [0.05, 0.1) is 12.6 Å². The number of nitrogens with one attached hydrogen (secondary N) is 1. The van der Waals surface area contributed by atoms with E-state index in [1.807, 2.05) is 31.2 Å². The van der Waals surface area contributed by atoms with E-state index in [9.17, 15) is 4.79 Å². The van der Waals surface area contributed by atoms with E-state index >= 15 is 0 Å². The van der Waals surface area contributed by atoms with Crippen LogP contribution in [0.4, 0.5) is 0 Å². The number of rotatable bonds is 4. The van der Waals surface area contributed by atoms with Crippen molar-refractivity contribution in [2.45, 2.75) is 45.6 Å². The lowest BCUT2D eigenvalue weighted by Crippen LogP contribution is -2.36. The zero-order chi connectivity index (χ0) is 13.8. The van der Waals surface area contributed by atoms with Crippen LogP contribution in [0.5, 0.6) is 0 Å². The number of benzene rings is 1. The van der Waals surface area contributed by atoms with E-state index in [4.69, 9.17) is 5.11 Å². The first-order chi connectivity index (χ1) is 8.38. The van der Waals surface area contributed by atoms with Crippen LogP contribution in [0.3, 0.4) is 0 Å². The highest BCUT2D eigenvalue weighted by Gasteiger charge is 2.15. The number of carbonyl (C=O) groups excluding carboxylic acids is 1. The summed E-state index contributed by atoms with van der Waals surface area (Å²) >= 11 is 0. The zero-order valence-corrected chi connectivity index (χ0v) is 11.7. The van der Waals surface area contributed by atoms with E-state index in [0.717, 1.165) is 6.42 Å². The van der Waals surface area contributed by atoms with Crippen LogP contribution in [-0.4, -0.2) is 23.7 Å². The van der Waals surface area contributed by atoms with Gasteiger partial charge in [-0.15, -0.1) is 0 Å². The molecule has 0 spiro atoms. The second-order valence-corrected chi connectivity index (χ2v) is 5.59. The molecule has 0 saturated heterocycles. The van der Waals surface area contributed by atoms with Crippen LogP contribution in [0.1, 0.15) is 50.0 Å². The van der Waals surface area contributed by atoms with Gasteiger partial charge in [-0.05, 0) is 29.5 Å². The highest BCUT2D eigenvalue weighted by atomic mass is 16.3. The topological polar surface area (TPSA) is 49.3 Å². The summed E-state index contributed by atoms with van der Waals surface area (Å²) in [6.45, 7) is 8.33. The summed E-state index contributed by atoms with van der Waals surface area (Å²) in [5.74, 6) is -0.128. The van der Waals surface area contributed by atoms with Gasteiger partial charge in [-0.3, -0.25) is 4.79 Å². The van der Waals surface area contributed by atoms with Crippen molar-refractivity contribution >= 4 is 5.91 Å². The third-order valence-corrected chi connectivity index (χ3v) is 3.06. The first-order valence-electron chi connectivity index (χ1n) is 6.40. The molecule has 1 unspecified atom stereocenters. The Morgan fingerprint density at radius 1 is 1.28 bits per heavy atom. The van der Waals surface area contributed by atoms with Crippen LogP contribution >= 0.6 is 0 Å². The molecule has 3 nitrogen and oxygen atoms in total. The van der Waals surface area contributed by atoms with Gasteiger partial charge in [0.15, 0.2) is 0 Å². The highest BCUT2D eigenvalue weighted by Crippen LogP contribution is 2.22. The Kier molecular flexibility index (Phi) is 4.91. The SMILES string of the molecule is CCC(CO)NC(=O)c1ccc(C(C)(C)C)cc1. The summed E-state index contributed by atoms with van der Waals surface area (Å²) in [6, 6.07) is 7.46. The van der Waals surface area contributed by atoms with E-state index in [0.29, 0.717) is 5.56 Å². The monoisotopic (exact) mass is 249 g/mol. The van der Waals surface area contributed by atoms with Crippen LogP contribution in [0.25, 0.3) is 0 Å². The summed E-state index contributed by atoms with van der Waals surface area (Å²) in [5, 5.41) is 11.9. The van der Waals surface area contributed by atoms with Crippen LogP contribution in [0.2, 0.25) is 0 Å².